The Morgan fingerprint density at radius 2 is 1.88 bits per heavy atom. The highest BCUT2D eigenvalue weighted by Crippen LogP contribution is 2.43. The van der Waals surface area contributed by atoms with E-state index in [-0.39, 0.29) is 11.7 Å². The molecule has 126 valence electrons. The molecule has 0 fully saturated rings. The van der Waals surface area contributed by atoms with Gasteiger partial charge in [-0.3, -0.25) is 4.79 Å². The lowest BCUT2D eigenvalue weighted by Gasteiger charge is -2.27. The van der Waals surface area contributed by atoms with Gasteiger partial charge in [0.15, 0.2) is 0 Å². The number of hydrogen-bond acceptors (Lipinski definition) is 4. The number of hydrogen-bond donors (Lipinski definition) is 3. The van der Waals surface area contributed by atoms with Gasteiger partial charge < -0.3 is 15.7 Å². The molecule has 0 bridgehead atoms. The quantitative estimate of drug-likeness (QED) is 0.612. The number of fused-ring (bicyclic) bond motifs is 4. The summed E-state index contributed by atoms with van der Waals surface area (Å²) in [6.45, 7) is 0. The number of aryl methyl sites for hydroxylation is 1. The maximum Gasteiger partial charge on any atom is 0.256 e. The van der Waals surface area contributed by atoms with E-state index in [1.165, 1.54) is 16.9 Å². The lowest BCUT2D eigenvalue weighted by atomic mass is 9.94. The van der Waals surface area contributed by atoms with Gasteiger partial charge in [-0.25, -0.2) is 0 Å². The minimum absolute atomic E-state index is 0.0364. The molecule has 1 aliphatic heterocycles. The first kappa shape index (κ1) is 14.8. The maximum atomic E-state index is 12.8. The van der Waals surface area contributed by atoms with Crippen molar-refractivity contribution in [2.75, 3.05) is 5.32 Å². The molecule has 1 atom stereocenters. The van der Waals surface area contributed by atoms with Crippen LogP contribution < -0.4 is 10.6 Å². The van der Waals surface area contributed by atoms with Crippen LogP contribution >= 0.6 is 11.3 Å². The second kappa shape index (κ2) is 5.49. The van der Waals surface area contributed by atoms with Crippen LogP contribution in [-0.2, 0) is 12.8 Å². The van der Waals surface area contributed by atoms with Crippen LogP contribution in [0.2, 0.25) is 0 Å². The van der Waals surface area contributed by atoms with Gasteiger partial charge >= 0.3 is 0 Å². The van der Waals surface area contributed by atoms with Gasteiger partial charge in [0.05, 0.1) is 5.56 Å². The SMILES string of the molecule is O=C1N[C@@H](c2ccc3ccccc3c2O)Nc2sc3c(c21)CCCC3. The first-order valence-corrected chi connectivity index (χ1v) is 9.46. The van der Waals surface area contributed by atoms with E-state index >= 15 is 0 Å². The fourth-order valence-electron chi connectivity index (χ4n) is 3.94. The van der Waals surface area contributed by atoms with Crippen LogP contribution in [0.4, 0.5) is 5.00 Å². The van der Waals surface area contributed by atoms with E-state index in [1.807, 2.05) is 36.4 Å². The average molecular weight is 350 g/mol. The van der Waals surface area contributed by atoms with Gasteiger partial charge in [-0.15, -0.1) is 11.3 Å². The predicted molar refractivity (Wildman–Crippen MR) is 100 cm³/mol. The van der Waals surface area contributed by atoms with E-state index in [1.54, 1.807) is 11.3 Å². The van der Waals surface area contributed by atoms with Crippen molar-refractivity contribution >= 4 is 33.0 Å². The number of aromatic hydroxyl groups is 1. The summed E-state index contributed by atoms with van der Waals surface area (Å²) in [6, 6.07) is 11.6. The molecule has 4 nitrogen and oxygen atoms in total. The highest BCUT2D eigenvalue weighted by molar-refractivity contribution is 7.16. The number of amides is 1. The van der Waals surface area contributed by atoms with Gasteiger partial charge in [-0.1, -0.05) is 36.4 Å². The zero-order valence-corrected chi connectivity index (χ0v) is 14.5. The van der Waals surface area contributed by atoms with Crippen molar-refractivity contribution in [2.45, 2.75) is 31.8 Å². The Labute approximate surface area is 149 Å². The molecule has 1 aromatic heterocycles. The fourth-order valence-corrected chi connectivity index (χ4v) is 5.25. The van der Waals surface area contributed by atoms with Gasteiger partial charge in [0.2, 0.25) is 0 Å². The number of benzene rings is 2. The molecule has 5 rings (SSSR count). The molecule has 3 aromatic rings. The zero-order chi connectivity index (χ0) is 17.0. The van der Waals surface area contributed by atoms with Crippen molar-refractivity contribution in [3.63, 3.8) is 0 Å². The third-order valence-corrected chi connectivity index (χ3v) is 6.42. The first-order chi connectivity index (χ1) is 12.2. The van der Waals surface area contributed by atoms with E-state index in [4.69, 9.17) is 0 Å². The molecule has 1 amide bonds. The number of nitrogens with one attached hydrogen (secondary N) is 2. The lowest BCUT2D eigenvalue weighted by Crippen LogP contribution is -2.38. The first-order valence-electron chi connectivity index (χ1n) is 8.65. The number of anilines is 1. The molecule has 2 heterocycles. The third kappa shape index (κ3) is 2.23. The van der Waals surface area contributed by atoms with E-state index in [9.17, 15) is 9.90 Å². The number of phenolic OH excluding ortho intramolecular Hbond substituents is 1. The normalized spacial score (nSPS) is 19.0. The van der Waals surface area contributed by atoms with E-state index < -0.39 is 6.17 Å². The molecule has 5 heteroatoms. The molecule has 2 aromatic carbocycles. The van der Waals surface area contributed by atoms with Gasteiger partial charge in [0.25, 0.3) is 5.91 Å². The third-order valence-electron chi connectivity index (χ3n) is 5.19. The molecular weight excluding hydrogens is 332 g/mol. The van der Waals surface area contributed by atoms with Crippen LogP contribution in [0.3, 0.4) is 0 Å². The van der Waals surface area contributed by atoms with Gasteiger partial charge in [0, 0.05) is 15.8 Å². The van der Waals surface area contributed by atoms with Crippen molar-refractivity contribution in [3.05, 3.63) is 58.0 Å². The summed E-state index contributed by atoms with van der Waals surface area (Å²) in [5.41, 5.74) is 2.73. The zero-order valence-electron chi connectivity index (χ0n) is 13.6. The summed E-state index contributed by atoms with van der Waals surface area (Å²) in [7, 11) is 0. The van der Waals surface area contributed by atoms with Gasteiger partial charge in [-0.05, 0) is 36.6 Å². The number of carbonyl (C=O) groups is 1. The molecule has 2 aliphatic rings. The molecule has 3 N–H and O–H groups in total. The summed E-state index contributed by atoms with van der Waals surface area (Å²) < 4.78 is 0. The second-order valence-corrected chi connectivity index (χ2v) is 7.80. The highest BCUT2D eigenvalue weighted by Gasteiger charge is 2.33. The number of carbonyl (C=O) groups excluding carboxylic acids is 1. The van der Waals surface area contributed by atoms with Crippen LogP contribution in [0.25, 0.3) is 10.8 Å². The summed E-state index contributed by atoms with van der Waals surface area (Å²) in [5, 5.41) is 19.9. The van der Waals surface area contributed by atoms with E-state index in [2.05, 4.69) is 10.6 Å². The Balaban J connectivity index is 1.58. The molecule has 0 radical (unpaired) electrons. The standard InChI is InChI=1S/C20H18N2O2S/c23-17-12-6-2-1-5-11(12)9-10-14(17)18-21-19(24)16-13-7-3-4-8-15(13)25-20(16)22-18/h1-2,5-6,9-10,18,22-23H,3-4,7-8H2,(H,21,24)/t18-/m1/s1. The van der Waals surface area contributed by atoms with Crippen molar-refractivity contribution < 1.29 is 9.90 Å². The van der Waals surface area contributed by atoms with Crippen LogP contribution in [0, 0.1) is 0 Å². The van der Waals surface area contributed by atoms with E-state index in [0.29, 0.717) is 5.56 Å². The maximum absolute atomic E-state index is 12.8. The average Bonchev–Trinajstić information content (AvgIpc) is 3.01. The Hall–Kier alpha value is -2.53. The predicted octanol–water partition coefficient (Wildman–Crippen LogP) is 4.34. The van der Waals surface area contributed by atoms with Crippen LogP contribution in [0.15, 0.2) is 36.4 Å². The number of thiophene rings is 1. The summed E-state index contributed by atoms with van der Waals surface area (Å²) in [5.74, 6) is 0.186. The van der Waals surface area contributed by atoms with Crippen molar-refractivity contribution in [3.8, 4) is 5.75 Å². The number of phenols is 1. The molecule has 25 heavy (non-hydrogen) atoms. The molecular formula is C20H18N2O2S. The largest absolute Gasteiger partial charge is 0.507 e. The Morgan fingerprint density at radius 3 is 2.80 bits per heavy atom. The van der Waals surface area contributed by atoms with Gasteiger partial charge in [-0.2, -0.15) is 0 Å². The van der Waals surface area contributed by atoms with Crippen molar-refractivity contribution in [1.29, 1.82) is 0 Å². The molecule has 0 spiro atoms. The Morgan fingerprint density at radius 1 is 1.04 bits per heavy atom. The van der Waals surface area contributed by atoms with Crippen molar-refractivity contribution in [2.24, 2.45) is 0 Å². The molecule has 0 unspecified atom stereocenters. The Kier molecular flexibility index (Phi) is 3.25. The van der Waals surface area contributed by atoms with Gasteiger partial charge in [0.1, 0.15) is 16.9 Å². The summed E-state index contributed by atoms with van der Waals surface area (Å²) in [4.78, 5) is 14.1. The molecule has 0 saturated carbocycles. The Bertz CT molecular complexity index is 1010. The minimum atomic E-state index is -0.412. The monoisotopic (exact) mass is 350 g/mol. The van der Waals surface area contributed by atoms with Crippen LogP contribution in [0.1, 0.15) is 45.4 Å². The topological polar surface area (TPSA) is 61.4 Å². The second-order valence-electron chi connectivity index (χ2n) is 6.69. The van der Waals surface area contributed by atoms with Crippen LogP contribution in [-0.4, -0.2) is 11.0 Å². The lowest BCUT2D eigenvalue weighted by molar-refractivity contribution is 0.0935. The fraction of sp³-hybridized carbons (Fsp3) is 0.250. The number of rotatable bonds is 1. The minimum Gasteiger partial charge on any atom is -0.507 e. The molecule has 0 saturated heterocycles. The smallest absolute Gasteiger partial charge is 0.256 e. The summed E-state index contributed by atoms with van der Waals surface area (Å²) in [6.07, 6.45) is 3.99. The highest BCUT2D eigenvalue weighted by atomic mass is 32.1. The van der Waals surface area contributed by atoms with Crippen LogP contribution in [0.5, 0.6) is 5.75 Å². The summed E-state index contributed by atoms with van der Waals surface area (Å²) >= 11 is 1.70. The molecule has 1 aliphatic carbocycles. The van der Waals surface area contributed by atoms with E-state index in [0.717, 1.165) is 40.6 Å². The van der Waals surface area contributed by atoms with Crippen molar-refractivity contribution in [1.82, 2.24) is 5.32 Å².